The van der Waals surface area contributed by atoms with Crippen molar-refractivity contribution in [2.24, 2.45) is 5.92 Å². The lowest BCUT2D eigenvalue weighted by atomic mass is 9.97. The number of aliphatic hydroxyl groups excluding tert-OH is 1. The van der Waals surface area contributed by atoms with E-state index in [2.05, 4.69) is 5.32 Å². The lowest BCUT2D eigenvalue weighted by Crippen LogP contribution is -2.40. The largest absolute Gasteiger partial charge is 0.386 e. The van der Waals surface area contributed by atoms with Crippen LogP contribution < -0.4 is 5.32 Å². The predicted molar refractivity (Wildman–Crippen MR) is 91.9 cm³/mol. The van der Waals surface area contributed by atoms with Crippen molar-refractivity contribution in [1.29, 1.82) is 0 Å². The first-order valence-corrected chi connectivity index (χ1v) is 8.34. The van der Waals surface area contributed by atoms with Crippen LogP contribution in [0.25, 0.3) is 0 Å². The highest BCUT2D eigenvalue weighted by Crippen LogP contribution is 2.18. The number of allylic oxidation sites excluding steroid dienone is 2. The molecule has 0 heterocycles. The van der Waals surface area contributed by atoms with Crippen molar-refractivity contribution in [2.75, 3.05) is 5.88 Å². The second-order valence-electron chi connectivity index (χ2n) is 5.49. The Kier molecular flexibility index (Phi) is 8.86. The number of alkyl halides is 1. The summed E-state index contributed by atoms with van der Waals surface area (Å²) in [5, 5.41) is 13.3. The molecule has 0 saturated carbocycles. The van der Waals surface area contributed by atoms with Gasteiger partial charge in [-0.05, 0) is 38.7 Å². The van der Waals surface area contributed by atoms with Crippen LogP contribution in [0, 0.1) is 5.92 Å². The summed E-state index contributed by atoms with van der Waals surface area (Å²) in [6.07, 6.45) is 5.51. The van der Waals surface area contributed by atoms with Crippen LogP contribution in [-0.2, 0) is 4.79 Å². The third-order valence-corrected chi connectivity index (χ3v) is 3.97. The normalized spacial score (nSPS) is 15.5. The molecule has 0 aromatic heterocycles. The Morgan fingerprint density at radius 3 is 2.64 bits per heavy atom. The molecule has 3 atom stereocenters. The van der Waals surface area contributed by atoms with E-state index in [1.54, 1.807) is 0 Å². The van der Waals surface area contributed by atoms with Crippen molar-refractivity contribution in [3.63, 3.8) is 0 Å². The van der Waals surface area contributed by atoms with Gasteiger partial charge in [0.1, 0.15) is 0 Å². The molecule has 1 aromatic carbocycles. The third-order valence-electron chi connectivity index (χ3n) is 3.70. The molecule has 1 amide bonds. The fourth-order valence-electron chi connectivity index (χ4n) is 2.34. The van der Waals surface area contributed by atoms with Crippen LogP contribution in [0.5, 0.6) is 0 Å². The molecule has 1 aromatic rings. The first kappa shape index (κ1) is 18.7. The lowest BCUT2D eigenvalue weighted by molar-refractivity contribution is -0.126. The van der Waals surface area contributed by atoms with Crippen molar-refractivity contribution in [1.82, 2.24) is 5.32 Å². The molecule has 3 nitrogen and oxygen atoms in total. The Morgan fingerprint density at radius 2 is 2.05 bits per heavy atom. The average Bonchev–Trinajstić information content (AvgIpc) is 2.54. The minimum Gasteiger partial charge on any atom is -0.386 e. The summed E-state index contributed by atoms with van der Waals surface area (Å²) in [6, 6.07) is 9.04. The number of amides is 1. The molecule has 122 valence electrons. The number of carbonyl (C=O) groups is 1. The van der Waals surface area contributed by atoms with E-state index in [-0.39, 0.29) is 17.9 Å². The summed E-state index contributed by atoms with van der Waals surface area (Å²) in [4.78, 5) is 12.4. The van der Waals surface area contributed by atoms with E-state index in [4.69, 9.17) is 11.6 Å². The summed E-state index contributed by atoms with van der Waals surface area (Å²) in [5.74, 6) is 0.438. The minimum atomic E-state index is -0.708. The Labute approximate surface area is 138 Å². The van der Waals surface area contributed by atoms with Gasteiger partial charge in [-0.3, -0.25) is 4.79 Å². The molecule has 0 radical (unpaired) electrons. The highest BCUT2D eigenvalue weighted by molar-refractivity contribution is 6.17. The number of hydrogen-bond donors (Lipinski definition) is 2. The van der Waals surface area contributed by atoms with Gasteiger partial charge in [0.2, 0.25) is 5.91 Å². The summed E-state index contributed by atoms with van der Waals surface area (Å²) >= 11 is 5.73. The molecule has 0 spiro atoms. The van der Waals surface area contributed by atoms with Crippen LogP contribution in [0.4, 0.5) is 0 Å². The molecule has 0 aliphatic carbocycles. The van der Waals surface area contributed by atoms with E-state index in [9.17, 15) is 9.90 Å². The monoisotopic (exact) mass is 323 g/mol. The zero-order valence-corrected chi connectivity index (χ0v) is 14.1. The summed E-state index contributed by atoms with van der Waals surface area (Å²) in [6.45, 7) is 3.77. The van der Waals surface area contributed by atoms with Crippen LogP contribution in [0.3, 0.4) is 0 Å². The molecule has 0 unspecified atom stereocenters. The zero-order valence-electron chi connectivity index (χ0n) is 13.3. The highest BCUT2D eigenvalue weighted by Gasteiger charge is 2.22. The number of benzene rings is 1. The fraction of sp³-hybridized carbons (Fsp3) is 0.500. The second kappa shape index (κ2) is 10.4. The summed E-state index contributed by atoms with van der Waals surface area (Å²) in [5.41, 5.74) is 0.807. The van der Waals surface area contributed by atoms with Gasteiger partial charge in [-0.15, -0.1) is 11.6 Å². The number of carbonyl (C=O) groups excluding carboxylic acids is 1. The number of hydrogen-bond acceptors (Lipinski definition) is 2. The van der Waals surface area contributed by atoms with E-state index < -0.39 is 6.10 Å². The van der Waals surface area contributed by atoms with Gasteiger partial charge in [0.25, 0.3) is 0 Å². The molecule has 2 N–H and O–H groups in total. The second-order valence-corrected chi connectivity index (χ2v) is 5.86. The van der Waals surface area contributed by atoms with Crippen LogP contribution >= 0.6 is 11.6 Å². The van der Waals surface area contributed by atoms with Crippen LogP contribution in [-0.4, -0.2) is 22.9 Å². The van der Waals surface area contributed by atoms with Gasteiger partial charge in [0.15, 0.2) is 0 Å². The molecule has 4 heteroatoms. The third kappa shape index (κ3) is 6.20. The van der Waals surface area contributed by atoms with Crippen LogP contribution in [0.15, 0.2) is 42.5 Å². The standard InChI is InChI=1S/C18H26ClNO2/c1-3-4-9-16(12-8-13-19)18(22)20-14(2)17(21)15-10-6-5-7-11-15/h3-7,10-11,14,16-17,21H,8-9,12-13H2,1-2H3,(H,20,22)/t14-,16-,17+/m1/s1. The first-order chi connectivity index (χ1) is 10.6. The van der Waals surface area contributed by atoms with E-state index >= 15 is 0 Å². The first-order valence-electron chi connectivity index (χ1n) is 7.80. The number of nitrogens with one attached hydrogen (secondary N) is 1. The minimum absolute atomic E-state index is 0.0225. The molecule has 0 aliphatic rings. The Morgan fingerprint density at radius 1 is 1.36 bits per heavy atom. The number of rotatable bonds is 9. The smallest absolute Gasteiger partial charge is 0.223 e. The SMILES string of the molecule is CC=CC[C@H](CCCCl)C(=O)N[C@H](C)[C@H](O)c1ccccc1. The number of aliphatic hydroxyl groups is 1. The summed E-state index contributed by atoms with van der Waals surface area (Å²) < 4.78 is 0. The van der Waals surface area contributed by atoms with E-state index in [1.807, 2.05) is 56.3 Å². The van der Waals surface area contributed by atoms with Crippen molar-refractivity contribution >= 4 is 17.5 Å². The van der Waals surface area contributed by atoms with Gasteiger partial charge >= 0.3 is 0 Å². The highest BCUT2D eigenvalue weighted by atomic mass is 35.5. The Balaban J connectivity index is 2.62. The predicted octanol–water partition coefficient (Wildman–Crippen LogP) is 3.83. The van der Waals surface area contributed by atoms with Crippen molar-refractivity contribution < 1.29 is 9.90 Å². The van der Waals surface area contributed by atoms with Gasteiger partial charge in [-0.25, -0.2) is 0 Å². The van der Waals surface area contributed by atoms with Gasteiger partial charge in [0.05, 0.1) is 12.1 Å². The maximum atomic E-state index is 12.4. The molecule has 0 fully saturated rings. The molecule has 22 heavy (non-hydrogen) atoms. The Hall–Kier alpha value is -1.32. The van der Waals surface area contributed by atoms with Gasteiger partial charge in [-0.2, -0.15) is 0 Å². The molecular weight excluding hydrogens is 298 g/mol. The molecule has 0 saturated heterocycles. The molecule has 1 rings (SSSR count). The topological polar surface area (TPSA) is 49.3 Å². The molecular formula is C18H26ClNO2. The average molecular weight is 324 g/mol. The van der Waals surface area contributed by atoms with Crippen molar-refractivity contribution in [3.05, 3.63) is 48.0 Å². The summed E-state index contributed by atoms with van der Waals surface area (Å²) in [7, 11) is 0. The Bertz CT molecular complexity index is 461. The molecule has 0 bridgehead atoms. The fourth-order valence-corrected chi connectivity index (χ4v) is 2.49. The van der Waals surface area contributed by atoms with Gasteiger partial charge in [0, 0.05) is 11.8 Å². The van der Waals surface area contributed by atoms with Crippen molar-refractivity contribution in [2.45, 2.75) is 45.3 Å². The van der Waals surface area contributed by atoms with Crippen molar-refractivity contribution in [3.8, 4) is 0 Å². The van der Waals surface area contributed by atoms with Gasteiger partial charge < -0.3 is 10.4 Å². The maximum absolute atomic E-state index is 12.4. The number of halogens is 1. The van der Waals surface area contributed by atoms with Gasteiger partial charge in [-0.1, -0.05) is 42.5 Å². The quantitative estimate of drug-likeness (QED) is 0.536. The van der Waals surface area contributed by atoms with E-state index in [0.29, 0.717) is 12.3 Å². The maximum Gasteiger partial charge on any atom is 0.223 e. The van der Waals surface area contributed by atoms with E-state index in [0.717, 1.165) is 18.4 Å². The van der Waals surface area contributed by atoms with E-state index in [1.165, 1.54) is 0 Å². The zero-order chi connectivity index (χ0) is 16.4. The molecule has 0 aliphatic heterocycles. The van der Waals surface area contributed by atoms with Crippen LogP contribution in [0.1, 0.15) is 44.8 Å². The van der Waals surface area contributed by atoms with Crippen LogP contribution in [0.2, 0.25) is 0 Å². The lowest BCUT2D eigenvalue weighted by Gasteiger charge is -2.23.